The van der Waals surface area contributed by atoms with Gasteiger partial charge in [0.15, 0.2) is 0 Å². The molecule has 0 saturated carbocycles. The van der Waals surface area contributed by atoms with Gasteiger partial charge in [-0.2, -0.15) is 0 Å². The van der Waals surface area contributed by atoms with Gasteiger partial charge in [-0.1, -0.05) is 31.6 Å². The smallest absolute Gasteiger partial charge is 0.328 e. The molecule has 1 aromatic rings. The Morgan fingerprint density at radius 3 is 2.25 bits per heavy atom. The molecule has 5 heteroatoms. The number of imide groups is 1. The highest BCUT2D eigenvalue weighted by Gasteiger charge is 2.38. The number of hydrogen-bond donors (Lipinski definition) is 1. The van der Waals surface area contributed by atoms with Crippen molar-refractivity contribution in [3.8, 4) is 0 Å². The molecule has 0 aliphatic carbocycles. The van der Waals surface area contributed by atoms with Crippen molar-refractivity contribution >= 4 is 17.8 Å². The van der Waals surface area contributed by atoms with Crippen LogP contribution in [0.2, 0.25) is 0 Å². The largest absolute Gasteiger partial charge is 0.478 e. The van der Waals surface area contributed by atoms with Crippen LogP contribution in [0.1, 0.15) is 40.5 Å². The molecule has 0 fully saturated rings. The van der Waals surface area contributed by atoms with E-state index in [9.17, 15) is 14.4 Å². The summed E-state index contributed by atoms with van der Waals surface area (Å²) in [5, 5.41) is 8.70. The van der Waals surface area contributed by atoms with Crippen molar-refractivity contribution in [2.45, 2.75) is 25.8 Å². The third-order valence-electron chi connectivity index (χ3n) is 3.20. The Bertz CT molecular complexity index is 556. The summed E-state index contributed by atoms with van der Waals surface area (Å²) in [6.07, 6.45) is 3.65. The van der Waals surface area contributed by atoms with Crippen LogP contribution >= 0.6 is 0 Å². The number of amides is 2. The lowest BCUT2D eigenvalue weighted by atomic mass is 10.1. The average molecular weight is 273 g/mol. The van der Waals surface area contributed by atoms with E-state index in [1.54, 1.807) is 24.3 Å². The van der Waals surface area contributed by atoms with Gasteiger partial charge in [-0.25, -0.2) is 4.79 Å². The maximum Gasteiger partial charge on any atom is 0.328 e. The number of benzene rings is 1. The zero-order chi connectivity index (χ0) is 14.7. The molecular weight excluding hydrogens is 258 g/mol. The summed E-state index contributed by atoms with van der Waals surface area (Å²) in [5.74, 6) is -1.82. The Labute approximate surface area is 116 Å². The summed E-state index contributed by atoms with van der Waals surface area (Å²) in [7, 11) is 0. The number of fused-ring (bicyclic) bond motifs is 1. The molecule has 1 atom stereocenters. The summed E-state index contributed by atoms with van der Waals surface area (Å²) < 4.78 is 0. The Kier molecular flexibility index (Phi) is 3.98. The average Bonchev–Trinajstić information content (AvgIpc) is 2.68. The molecule has 1 heterocycles. The molecule has 0 radical (unpaired) electrons. The van der Waals surface area contributed by atoms with Gasteiger partial charge in [0.25, 0.3) is 11.8 Å². The topological polar surface area (TPSA) is 74.7 Å². The third-order valence-corrected chi connectivity index (χ3v) is 3.20. The lowest BCUT2D eigenvalue weighted by molar-refractivity contribution is -0.131. The van der Waals surface area contributed by atoms with Crippen LogP contribution in [0.15, 0.2) is 36.4 Å². The van der Waals surface area contributed by atoms with Gasteiger partial charge in [-0.3, -0.25) is 14.5 Å². The number of rotatable bonds is 5. The summed E-state index contributed by atoms with van der Waals surface area (Å²) in [5.41, 5.74) is 0.754. The first-order valence-corrected chi connectivity index (χ1v) is 6.44. The molecule has 1 aliphatic rings. The number of carbonyl (C=O) groups is 3. The van der Waals surface area contributed by atoms with E-state index < -0.39 is 12.0 Å². The summed E-state index contributed by atoms with van der Waals surface area (Å²) in [6.45, 7) is 1.92. The monoisotopic (exact) mass is 273 g/mol. The minimum absolute atomic E-state index is 0.362. The lowest BCUT2D eigenvalue weighted by Gasteiger charge is -2.22. The molecule has 20 heavy (non-hydrogen) atoms. The SMILES string of the molecule is CCC[C@H](/C=C/C(=O)O)N1C(=O)c2ccccc2C1=O. The first-order chi connectivity index (χ1) is 9.56. The number of aliphatic carboxylic acids is 1. The van der Waals surface area contributed by atoms with Crippen molar-refractivity contribution in [3.05, 3.63) is 47.5 Å². The van der Waals surface area contributed by atoms with E-state index in [0.717, 1.165) is 17.4 Å². The fourth-order valence-electron chi connectivity index (χ4n) is 2.31. The molecule has 1 aliphatic heterocycles. The second-order valence-corrected chi connectivity index (χ2v) is 4.58. The molecule has 5 nitrogen and oxygen atoms in total. The quantitative estimate of drug-likeness (QED) is 0.658. The molecule has 0 aromatic heterocycles. The van der Waals surface area contributed by atoms with Gasteiger partial charge in [0.2, 0.25) is 0 Å². The summed E-state index contributed by atoms with van der Waals surface area (Å²) in [6, 6.07) is 6.10. The van der Waals surface area contributed by atoms with E-state index >= 15 is 0 Å². The maximum absolute atomic E-state index is 12.3. The maximum atomic E-state index is 12.3. The minimum atomic E-state index is -1.09. The number of carboxylic acids is 1. The molecule has 2 rings (SSSR count). The first-order valence-electron chi connectivity index (χ1n) is 6.44. The van der Waals surface area contributed by atoms with E-state index in [0.29, 0.717) is 17.5 Å². The lowest BCUT2D eigenvalue weighted by Crippen LogP contribution is -2.38. The second-order valence-electron chi connectivity index (χ2n) is 4.58. The number of carboxylic acid groups (broad SMARTS) is 1. The van der Waals surface area contributed by atoms with E-state index in [1.165, 1.54) is 6.08 Å². The van der Waals surface area contributed by atoms with E-state index in [1.807, 2.05) is 6.92 Å². The van der Waals surface area contributed by atoms with Crippen molar-refractivity contribution in [1.29, 1.82) is 0 Å². The third kappa shape index (κ3) is 2.47. The van der Waals surface area contributed by atoms with Crippen LogP contribution in [0.5, 0.6) is 0 Å². The molecule has 1 aromatic carbocycles. The molecule has 0 saturated heterocycles. The standard InChI is InChI=1S/C15H15NO4/c1-2-5-10(8-9-13(17)18)16-14(19)11-6-3-4-7-12(11)15(16)20/h3-4,6-10H,2,5H2,1H3,(H,17,18)/b9-8+/t10-/m1/s1. The molecule has 0 unspecified atom stereocenters. The van der Waals surface area contributed by atoms with Crippen LogP contribution in [0.25, 0.3) is 0 Å². The van der Waals surface area contributed by atoms with E-state index in [2.05, 4.69) is 0 Å². The van der Waals surface area contributed by atoms with Crippen LogP contribution in [0.4, 0.5) is 0 Å². The fraction of sp³-hybridized carbons (Fsp3) is 0.267. The van der Waals surface area contributed by atoms with Gasteiger partial charge in [0, 0.05) is 6.08 Å². The minimum Gasteiger partial charge on any atom is -0.478 e. The van der Waals surface area contributed by atoms with Crippen LogP contribution < -0.4 is 0 Å². The highest BCUT2D eigenvalue weighted by atomic mass is 16.4. The molecule has 0 spiro atoms. The molecule has 0 bridgehead atoms. The number of nitrogens with zero attached hydrogens (tertiary/aromatic N) is 1. The molecular formula is C15H15NO4. The molecule has 1 N–H and O–H groups in total. The van der Waals surface area contributed by atoms with Gasteiger partial charge < -0.3 is 5.11 Å². The Balaban J connectivity index is 2.34. The fourth-order valence-corrected chi connectivity index (χ4v) is 2.31. The second kappa shape index (κ2) is 5.69. The van der Waals surface area contributed by atoms with Gasteiger partial charge in [-0.05, 0) is 18.6 Å². The van der Waals surface area contributed by atoms with Crippen molar-refractivity contribution in [3.63, 3.8) is 0 Å². The highest BCUT2D eigenvalue weighted by Crippen LogP contribution is 2.26. The van der Waals surface area contributed by atoms with Gasteiger partial charge >= 0.3 is 5.97 Å². The van der Waals surface area contributed by atoms with Gasteiger partial charge in [0.1, 0.15) is 0 Å². The predicted molar refractivity (Wildman–Crippen MR) is 72.4 cm³/mol. The Hall–Kier alpha value is -2.43. The van der Waals surface area contributed by atoms with Crippen LogP contribution in [-0.2, 0) is 4.79 Å². The first kappa shape index (κ1) is 14.0. The van der Waals surface area contributed by atoms with Crippen molar-refractivity contribution in [1.82, 2.24) is 4.90 Å². The summed E-state index contributed by atoms with van der Waals surface area (Å²) >= 11 is 0. The van der Waals surface area contributed by atoms with E-state index in [-0.39, 0.29) is 11.8 Å². The Morgan fingerprint density at radius 2 is 1.80 bits per heavy atom. The van der Waals surface area contributed by atoms with Crippen molar-refractivity contribution in [2.75, 3.05) is 0 Å². The van der Waals surface area contributed by atoms with Crippen LogP contribution in [0, 0.1) is 0 Å². The zero-order valence-corrected chi connectivity index (χ0v) is 11.1. The Morgan fingerprint density at radius 1 is 1.25 bits per heavy atom. The summed E-state index contributed by atoms with van der Waals surface area (Å²) in [4.78, 5) is 36.4. The van der Waals surface area contributed by atoms with E-state index in [4.69, 9.17) is 5.11 Å². The predicted octanol–water partition coefficient (Wildman–Crippen LogP) is 2.09. The number of hydrogen-bond acceptors (Lipinski definition) is 3. The number of carbonyl (C=O) groups excluding carboxylic acids is 2. The zero-order valence-electron chi connectivity index (χ0n) is 11.1. The van der Waals surface area contributed by atoms with Gasteiger partial charge in [-0.15, -0.1) is 0 Å². The molecule has 104 valence electrons. The highest BCUT2D eigenvalue weighted by molar-refractivity contribution is 6.21. The van der Waals surface area contributed by atoms with Crippen molar-refractivity contribution in [2.24, 2.45) is 0 Å². The molecule has 2 amide bonds. The van der Waals surface area contributed by atoms with Crippen molar-refractivity contribution < 1.29 is 19.5 Å². The van der Waals surface area contributed by atoms with Crippen LogP contribution in [-0.4, -0.2) is 33.8 Å². The normalized spacial score (nSPS) is 15.8. The van der Waals surface area contributed by atoms with Gasteiger partial charge in [0.05, 0.1) is 17.2 Å². The van der Waals surface area contributed by atoms with Crippen LogP contribution in [0.3, 0.4) is 0 Å².